The molecule has 0 aliphatic carbocycles. The van der Waals surface area contributed by atoms with Crippen molar-refractivity contribution in [1.82, 2.24) is 14.7 Å². The van der Waals surface area contributed by atoms with Gasteiger partial charge in [-0.15, -0.1) is 0 Å². The minimum absolute atomic E-state index is 0.246. The summed E-state index contributed by atoms with van der Waals surface area (Å²) in [5.41, 5.74) is 7.55. The zero-order valence-electron chi connectivity index (χ0n) is 19.1. The lowest BCUT2D eigenvalue weighted by atomic mass is 10.0. The molecule has 0 bridgehead atoms. The number of methoxy groups -OCH3 is 1. The van der Waals surface area contributed by atoms with Crippen molar-refractivity contribution in [3.05, 3.63) is 89.6 Å². The van der Waals surface area contributed by atoms with Crippen LogP contribution >= 0.6 is 0 Å². The Bertz CT molecular complexity index is 1490. The summed E-state index contributed by atoms with van der Waals surface area (Å²) >= 11 is 0. The van der Waals surface area contributed by atoms with Crippen LogP contribution in [0.1, 0.15) is 27.4 Å². The Hall–Kier alpha value is -4.39. The molecule has 0 unspecified atom stereocenters. The molecule has 5 rings (SSSR count). The molecule has 0 spiro atoms. The first-order valence-corrected chi connectivity index (χ1v) is 10.8. The van der Waals surface area contributed by atoms with Crippen molar-refractivity contribution in [2.75, 3.05) is 7.11 Å². The number of aromatic nitrogens is 3. The molecule has 170 valence electrons. The number of rotatable bonds is 6. The van der Waals surface area contributed by atoms with Crippen LogP contribution in [0.5, 0.6) is 5.75 Å². The molecule has 2 aromatic carbocycles. The van der Waals surface area contributed by atoms with Crippen LogP contribution < -0.4 is 4.74 Å². The molecule has 0 radical (unpaired) electrons. The van der Waals surface area contributed by atoms with E-state index in [4.69, 9.17) is 14.2 Å². The lowest BCUT2D eigenvalue weighted by molar-refractivity contribution is 0.0697. The Labute approximate surface area is 196 Å². The maximum absolute atomic E-state index is 11.3. The largest absolute Gasteiger partial charge is 0.496 e. The summed E-state index contributed by atoms with van der Waals surface area (Å²) in [6.45, 7) is 4.39. The van der Waals surface area contributed by atoms with Gasteiger partial charge in [0.05, 0.1) is 35.9 Å². The summed E-state index contributed by atoms with van der Waals surface area (Å²) in [6.07, 6.45) is 3.88. The van der Waals surface area contributed by atoms with Crippen molar-refractivity contribution in [2.24, 2.45) is 0 Å². The summed E-state index contributed by atoms with van der Waals surface area (Å²) in [4.78, 5) is 16.1. The Morgan fingerprint density at radius 1 is 1.09 bits per heavy atom. The Balaban J connectivity index is 1.69. The molecule has 7 nitrogen and oxygen atoms in total. The Kier molecular flexibility index (Phi) is 5.37. The van der Waals surface area contributed by atoms with Gasteiger partial charge in [0.1, 0.15) is 11.5 Å². The molecule has 34 heavy (non-hydrogen) atoms. The van der Waals surface area contributed by atoms with E-state index < -0.39 is 5.97 Å². The summed E-state index contributed by atoms with van der Waals surface area (Å²) < 4.78 is 13.1. The van der Waals surface area contributed by atoms with Gasteiger partial charge in [-0.2, -0.15) is 0 Å². The van der Waals surface area contributed by atoms with Crippen molar-refractivity contribution < 1.29 is 19.2 Å². The molecule has 1 N–H and O–H groups in total. The number of pyridine rings is 1. The first-order chi connectivity index (χ1) is 16.5. The molecule has 7 heteroatoms. The van der Waals surface area contributed by atoms with Crippen LogP contribution in [0.15, 0.2) is 71.5 Å². The lowest BCUT2D eigenvalue weighted by Gasteiger charge is -2.10. The molecule has 0 saturated carbocycles. The van der Waals surface area contributed by atoms with Crippen LogP contribution in [0.3, 0.4) is 0 Å². The summed E-state index contributed by atoms with van der Waals surface area (Å²) in [6, 6.07) is 16.9. The molecule has 0 aliphatic heterocycles. The van der Waals surface area contributed by atoms with E-state index in [1.807, 2.05) is 56.4 Å². The molecule has 3 heterocycles. The quantitative estimate of drug-likeness (QED) is 0.353. The van der Waals surface area contributed by atoms with Gasteiger partial charge in [-0.05, 0) is 43.7 Å². The van der Waals surface area contributed by atoms with Gasteiger partial charge >= 0.3 is 5.97 Å². The number of carboxylic acids is 1. The van der Waals surface area contributed by atoms with Crippen LogP contribution in [0, 0.1) is 13.8 Å². The van der Waals surface area contributed by atoms with Crippen molar-refractivity contribution in [3.63, 3.8) is 0 Å². The highest BCUT2D eigenvalue weighted by molar-refractivity contribution is 5.96. The second kappa shape index (κ2) is 8.51. The zero-order chi connectivity index (χ0) is 23.8. The standard InChI is InChI=1S/C27H23N3O4/c1-16-25(17(2)34-29-16)21-12-23-26(28-13-21)22(18-8-10-19(11-9-18)27(31)32)15-30(23)14-20-6-4-5-7-24(20)33-3/h4-13,15H,14H2,1-3H3,(H,31,32). The molecular formula is C27H23N3O4. The molecule has 0 fully saturated rings. The first kappa shape index (κ1) is 21.5. The molecule has 3 aromatic heterocycles. The number of hydrogen-bond acceptors (Lipinski definition) is 5. The number of carboxylic acid groups (broad SMARTS) is 1. The van der Waals surface area contributed by atoms with Gasteiger partial charge in [-0.25, -0.2) is 4.79 Å². The fraction of sp³-hybridized carbons (Fsp3) is 0.148. The summed E-state index contributed by atoms with van der Waals surface area (Å²) in [5.74, 6) is 0.602. The fourth-order valence-electron chi connectivity index (χ4n) is 4.35. The van der Waals surface area contributed by atoms with Crippen molar-refractivity contribution in [1.29, 1.82) is 0 Å². The summed E-state index contributed by atoms with van der Waals surface area (Å²) in [7, 11) is 1.67. The van der Waals surface area contributed by atoms with Gasteiger partial charge in [0, 0.05) is 34.6 Å². The van der Waals surface area contributed by atoms with Gasteiger partial charge in [0.25, 0.3) is 0 Å². The molecule has 0 atom stereocenters. The predicted octanol–water partition coefficient (Wildman–Crippen LogP) is 5.73. The van der Waals surface area contributed by atoms with Gasteiger partial charge in [-0.1, -0.05) is 35.5 Å². The maximum Gasteiger partial charge on any atom is 0.335 e. The fourth-order valence-corrected chi connectivity index (χ4v) is 4.35. The topological polar surface area (TPSA) is 90.4 Å². The number of ether oxygens (including phenoxy) is 1. The molecule has 0 amide bonds. The van der Waals surface area contributed by atoms with Gasteiger partial charge < -0.3 is 18.9 Å². The van der Waals surface area contributed by atoms with E-state index in [0.29, 0.717) is 6.54 Å². The van der Waals surface area contributed by atoms with Crippen molar-refractivity contribution in [2.45, 2.75) is 20.4 Å². The van der Waals surface area contributed by atoms with Crippen molar-refractivity contribution in [3.8, 4) is 28.0 Å². The highest BCUT2D eigenvalue weighted by Crippen LogP contribution is 2.35. The maximum atomic E-state index is 11.3. The molecule has 0 saturated heterocycles. The Morgan fingerprint density at radius 2 is 1.85 bits per heavy atom. The lowest BCUT2D eigenvalue weighted by Crippen LogP contribution is -2.00. The average molecular weight is 453 g/mol. The number of aryl methyl sites for hydroxylation is 2. The number of para-hydroxylation sites is 1. The zero-order valence-corrected chi connectivity index (χ0v) is 19.1. The monoisotopic (exact) mass is 453 g/mol. The van der Waals surface area contributed by atoms with Gasteiger partial charge in [0.2, 0.25) is 0 Å². The third-order valence-electron chi connectivity index (χ3n) is 6.02. The van der Waals surface area contributed by atoms with E-state index >= 15 is 0 Å². The van der Waals surface area contributed by atoms with Crippen molar-refractivity contribution >= 4 is 17.0 Å². The number of fused-ring (bicyclic) bond motifs is 1. The van der Waals surface area contributed by atoms with E-state index in [1.54, 1.807) is 19.2 Å². The average Bonchev–Trinajstić information content (AvgIpc) is 3.38. The molecule has 0 aliphatic rings. The highest BCUT2D eigenvalue weighted by Gasteiger charge is 2.18. The summed E-state index contributed by atoms with van der Waals surface area (Å²) in [5, 5.41) is 13.3. The normalized spacial score (nSPS) is 11.1. The number of hydrogen-bond donors (Lipinski definition) is 1. The van der Waals surface area contributed by atoms with E-state index in [-0.39, 0.29) is 5.56 Å². The van der Waals surface area contributed by atoms with Gasteiger partial charge in [-0.3, -0.25) is 4.98 Å². The SMILES string of the molecule is COc1ccccc1Cn1cc(-c2ccc(C(=O)O)cc2)c2ncc(-c3c(C)noc3C)cc21. The second-order valence-electron chi connectivity index (χ2n) is 8.16. The van der Waals surface area contributed by atoms with Gasteiger partial charge in [0.15, 0.2) is 0 Å². The number of benzene rings is 2. The molecule has 5 aromatic rings. The minimum atomic E-state index is -0.952. The Morgan fingerprint density at radius 3 is 2.53 bits per heavy atom. The smallest absolute Gasteiger partial charge is 0.335 e. The van der Waals surface area contributed by atoms with E-state index in [1.165, 1.54) is 0 Å². The first-order valence-electron chi connectivity index (χ1n) is 10.8. The van der Waals surface area contributed by atoms with Crippen LogP contribution in [0.2, 0.25) is 0 Å². The predicted molar refractivity (Wildman–Crippen MR) is 129 cm³/mol. The van der Waals surface area contributed by atoms with Crippen LogP contribution in [0.25, 0.3) is 33.3 Å². The van der Waals surface area contributed by atoms with Crippen LogP contribution in [-0.2, 0) is 6.54 Å². The number of aromatic carboxylic acids is 1. The molecular weight excluding hydrogens is 430 g/mol. The second-order valence-corrected chi connectivity index (χ2v) is 8.16. The third kappa shape index (κ3) is 3.71. The van der Waals surface area contributed by atoms with Crippen LogP contribution in [-0.4, -0.2) is 32.9 Å². The van der Waals surface area contributed by atoms with E-state index in [2.05, 4.69) is 22.0 Å². The minimum Gasteiger partial charge on any atom is -0.496 e. The number of nitrogens with zero attached hydrogens (tertiary/aromatic N) is 3. The number of carbonyl (C=O) groups is 1. The van der Waals surface area contributed by atoms with E-state index in [0.717, 1.165) is 56.1 Å². The van der Waals surface area contributed by atoms with E-state index in [9.17, 15) is 9.90 Å². The van der Waals surface area contributed by atoms with Crippen LogP contribution in [0.4, 0.5) is 0 Å². The highest BCUT2D eigenvalue weighted by atomic mass is 16.5. The third-order valence-corrected chi connectivity index (χ3v) is 6.02.